The van der Waals surface area contributed by atoms with Crippen LogP contribution in [-0.4, -0.2) is 23.6 Å². The summed E-state index contributed by atoms with van der Waals surface area (Å²) in [7, 11) is 0. The number of alkyl halides is 3. The van der Waals surface area contributed by atoms with Gasteiger partial charge in [0.25, 0.3) is 0 Å². The third-order valence-corrected chi connectivity index (χ3v) is 4.04. The molecular formula is C19H21F3N2O2. The monoisotopic (exact) mass is 366 g/mol. The zero-order valence-corrected chi connectivity index (χ0v) is 14.3. The van der Waals surface area contributed by atoms with E-state index in [0.29, 0.717) is 12.0 Å². The van der Waals surface area contributed by atoms with Gasteiger partial charge in [0.2, 0.25) is 5.91 Å². The Morgan fingerprint density at radius 3 is 2.42 bits per heavy atom. The molecule has 0 saturated carbocycles. The SMILES string of the molecule is CC(Cc1ccc(C(N)=O)cc1)NCC(O)c1cccc(C(F)(F)F)c1. The molecule has 4 N–H and O–H groups in total. The Morgan fingerprint density at radius 2 is 1.85 bits per heavy atom. The van der Waals surface area contributed by atoms with Gasteiger partial charge >= 0.3 is 6.18 Å². The first-order valence-corrected chi connectivity index (χ1v) is 8.14. The van der Waals surface area contributed by atoms with Crippen LogP contribution in [0.1, 0.15) is 40.1 Å². The van der Waals surface area contributed by atoms with Crippen molar-refractivity contribution < 1.29 is 23.1 Å². The topological polar surface area (TPSA) is 75.4 Å². The van der Waals surface area contributed by atoms with E-state index >= 15 is 0 Å². The van der Waals surface area contributed by atoms with Crippen LogP contribution in [0.25, 0.3) is 0 Å². The first kappa shape index (κ1) is 19.9. The van der Waals surface area contributed by atoms with Gasteiger partial charge in [-0.05, 0) is 48.7 Å². The number of carbonyl (C=O) groups is 1. The lowest BCUT2D eigenvalue weighted by molar-refractivity contribution is -0.137. The lowest BCUT2D eigenvalue weighted by atomic mass is 10.0. The normalized spacial score (nSPS) is 14.0. The number of halogens is 3. The molecule has 0 aliphatic heterocycles. The van der Waals surface area contributed by atoms with Gasteiger partial charge in [-0.3, -0.25) is 4.79 Å². The molecule has 0 saturated heterocycles. The molecule has 2 unspecified atom stereocenters. The number of nitrogens with one attached hydrogen (secondary N) is 1. The van der Waals surface area contributed by atoms with Gasteiger partial charge < -0.3 is 16.2 Å². The van der Waals surface area contributed by atoms with Gasteiger partial charge in [-0.1, -0.05) is 24.3 Å². The van der Waals surface area contributed by atoms with Crippen molar-refractivity contribution in [3.05, 3.63) is 70.8 Å². The quantitative estimate of drug-likeness (QED) is 0.705. The number of hydrogen-bond acceptors (Lipinski definition) is 3. The second kappa shape index (κ2) is 8.33. The van der Waals surface area contributed by atoms with Gasteiger partial charge in [0.15, 0.2) is 0 Å². The minimum Gasteiger partial charge on any atom is -0.387 e. The maximum absolute atomic E-state index is 12.7. The molecule has 1 amide bonds. The van der Waals surface area contributed by atoms with E-state index in [1.165, 1.54) is 12.1 Å². The predicted molar refractivity (Wildman–Crippen MR) is 92.5 cm³/mol. The Labute approximate surface area is 149 Å². The number of aliphatic hydroxyl groups is 1. The van der Waals surface area contributed by atoms with E-state index in [4.69, 9.17) is 5.73 Å². The van der Waals surface area contributed by atoms with Gasteiger partial charge in [-0.25, -0.2) is 0 Å². The van der Waals surface area contributed by atoms with Crippen molar-refractivity contribution in [2.24, 2.45) is 5.73 Å². The van der Waals surface area contributed by atoms with Crippen molar-refractivity contribution >= 4 is 5.91 Å². The summed E-state index contributed by atoms with van der Waals surface area (Å²) in [6, 6.07) is 11.5. The Hall–Kier alpha value is -2.38. The second-order valence-electron chi connectivity index (χ2n) is 6.21. The van der Waals surface area contributed by atoms with E-state index in [2.05, 4.69) is 5.32 Å². The van der Waals surface area contributed by atoms with Crippen molar-refractivity contribution in [1.82, 2.24) is 5.32 Å². The summed E-state index contributed by atoms with van der Waals surface area (Å²) < 4.78 is 38.2. The minimum absolute atomic E-state index is 0.0186. The average Bonchev–Trinajstić information content (AvgIpc) is 2.59. The lowest BCUT2D eigenvalue weighted by Crippen LogP contribution is -2.32. The van der Waals surface area contributed by atoms with Crippen molar-refractivity contribution in [3.8, 4) is 0 Å². The summed E-state index contributed by atoms with van der Waals surface area (Å²) >= 11 is 0. The predicted octanol–water partition coefficient (Wildman–Crippen LogP) is 3.06. The van der Waals surface area contributed by atoms with Crippen molar-refractivity contribution in [2.75, 3.05) is 6.54 Å². The molecular weight excluding hydrogens is 345 g/mol. The summed E-state index contributed by atoms with van der Waals surface area (Å²) in [6.45, 7) is 2.03. The van der Waals surface area contributed by atoms with Gasteiger partial charge in [0, 0.05) is 18.2 Å². The zero-order valence-electron chi connectivity index (χ0n) is 14.3. The van der Waals surface area contributed by atoms with E-state index in [1.807, 2.05) is 6.92 Å². The standard InChI is InChI=1S/C19H21F3N2O2/c1-12(9-13-5-7-14(8-6-13)18(23)26)24-11-17(25)15-3-2-4-16(10-15)19(20,21)22/h2-8,10,12,17,24-25H,9,11H2,1H3,(H2,23,26). The third-order valence-electron chi connectivity index (χ3n) is 4.04. The molecule has 0 aliphatic rings. The molecule has 0 aliphatic carbocycles. The fourth-order valence-corrected chi connectivity index (χ4v) is 2.58. The summed E-state index contributed by atoms with van der Waals surface area (Å²) in [6.07, 6.45) is -4.85. The largest absolute Gasteiger partial charge is 0.416 e. The Morgan fingerprint density at radius 1 is 1.19 bits per heavy atom. The number of rotatable bonds is 7. The highest BCUT2D eigenvalue weighted by Crippen LogP contribution is 2.30. The van der Waals surface area contributed by atoms with Crippen LogP contribution in [0.4, 0.5) is 13.2 Å². The third kappa shape index (κ3) is 5.57. The Bertz CT molecular complexity index is 745. The molecule has 4 nitrogen and oxygen atoms in total. The molecule has 7 heteroatoms. The van der Waals surface area contributed by atoms with Crippen molar-refractivity contribution in [2.45, 2.75) is 31.7 Å². The smallest absolute Gasteiger partial charge is 0.387 e. The lowest BCUT2D eigenvalue weighted by Gasteiger charge is -2.18. The molecule has 0 spiro atoms. The molecule has 2 rings (SSSR count). The number of aliphatic hydroxyl groups excluding tert-OH is 1. The van der Waals surface area contributed by atoms with Crippen LogP contribution < -0.4 is 11.1 Å². The molecule has 0 radical (unpaired) electrons. The van der Waals surface area contributed by atoms with Gasteiger partial charge in [0.05, 0.1) is 11.7 Å². The highest BCUT2D eigenvalue weighted by atomic mass is 19.4. The maximum Gasteiger partial charge on any atom is 0.416 e. The first-order valence-electron chi connectivity index (χ1n) is 8.14. The number of benzene rings is 2. The molecule has 26 heavy (non-hydrogen) atoms. The van der Waals surface area contributed by atoms with Crippen LogP contribution in [0.2, 0.25) is 0 Å². The molecule has 2 aromatic carbocycles. The molecule has 0 aromatic heterocycles. The number of hydrogen-bond donors (Lipinski definition) is 3. The fourth-order valence-electron chi connectivity index (χ4n) is 2.58. The molecule has 0 bridgehead atoms. The van der Waals surface area contributed by atoms with E-state index < -0.39 is 23.8 Å². The average molecular weight is 366 g/mol. The van der Waals surface area contributed by atoms with E-state index in [-0.39, 0.29) is 18.2 Å². The van der Waals surface area contributed by atoms with Gasteiger partial charge in [0.1, 0.15) is 0 Å². The highest BCUT2D eigenvalue weighted by molar-refractivity contribution is 5.92. The van der Waals surface area contributed by atoms with Crippen LogP contribution in [0, 0.1) is 0 Å². The maximum atomic E-state index is 12.7. The summed E-state index contributed by atoms with van der Waals surface area (Å²) in [5, 5.41) is 13.2. The molecule has 0 heterocycles. The number of nitrogens with two attached hydrogens (primary N) is 1. The zero-order chi connectivity index (χ0) is 19.3. The number of carbonyl (C=O) groups excluding carboxylic acids is 1. The molecule has 140 valence electrons. The Kier molecular flexibility index (Phi) is 6.39. The summed E-state index contributed by atoms with van der Waals surface area (Å²) in [4.78, 5) is 11.0. The second-order valence-corrected chi connectivity index (χ2v) is 6.21. The summed E-state index contributed by atoms with van der Waals surface area (Å²) in [5.41, 5.74) is 6.02. The fraction of sp³-hybridized carbons (Fsp3) is 0.316. The van der Waals surface area contributed by atoms with E-state index in [0.717, 1.165) is 17.7 Å². The van der Waals surface area contributed by atoms with Crippen LogP contribution in [0.3, 0.4) is 0 Å². The van der Waals surface area contributed by atoms with Crippen LogP contribution in [-0.2, 0) is 12.6 Å². The highest BCUT2D eigenvalue weighted by Gasteiger charge is 2.30. The minimum atomic E-state index is -4.44. The van der Waals surface area contributed by atoms with E-state index in [1.54, 1.807) is 24.3 Å². The van der Waals surface area contributed by atoms with Gasteiger partial charge in [-0.2, -0.15) is 13.2 Å². The van der Waals surface area contributed by atoms with Crippen LogP contribution in [0.15, 0.2) is 48.5 Å². The summed E-state index contributed by atoms with van der Waals surface area (Å²) in [5.74, 6) is -0.494. The van der Waals surface area contributed by atoms with Crippen LogP contribution >= 0.6 is 0 Å². The molecule has 0 fully saturated rings. The van der Waals surface area contributed by atoms with Crippen molar-refractivity contribution in [1.29, 1.82) is 0 Å². The Balaban J connectivity index is 1.90. The number of amides is 1. The van der Waals surface area contributed by atoms with Crippen LogP contribution in [0.5, 0.6) is 0 Å². The molecule has 2 atom stereocenters. The first-order chi connectivity index (χ1) is 12.2. The van der Waals surface area contributed by atoms with Crippen molar-refractivity contribution in [3.63, 3.8) is 0 Å². The number of primary amides is 1. The van der Waals surface area contributed by atoms with Gasteiger partial charge in [-0.15, -0.1) is 0 Å². The van der Waals surface area contributed by atoms with E-state index in [9.17, 15) is 23.1 Å². The molecule has 2 aromatic rings.